The average molecular weight is 333 g/mol. The van der Waals surface area contributed by atoms with E-state index in [0.29, 0.717) is 25.7 Å². The number of hydrogen-bond acceptors (Lipinski definition) is 4. The van der Waals surface area contributed by atoms with Gasteiger partial charge in [-0.15, -0.1) is 11.3 Å². The molecule has 1 aromatic carbocycles. The van der Waals surface area contributed by atoms with Crippen molar-refractivity contribution in [2.75, 3.05) is 26.9 Å². The van der Waals surface area contributed by atoms with E-state index in [-0.39, 0.29) is 0 Å². The Morgan fingerprint density at radius 2 is 2.04 bits per heavy atom. The first-order valence-electron chi connectivity index (χ1n) is 7.55. The molecule has 0 bridgehead atoms. The van der Waals surface area contributed by atoms with E-state index in [1.165, 1.54) is 4.88 Å². The van der Waals surface area contributed by atoms with Gasteiger partial charge in [-0.25, -0.2) is 4.99 Å². The Balaban J connectivity index is 1.70. The molecule has 2 rings (SSSR count). The molecule has 0 radical (unpaired) electrons. The maximum Gasteiger partial charge on any atom is 0.188 e. The number of nitrogens with one attached hydrogen (secondary N) is 1. The summed E-state index contributed by atoms with van der Waals surface area (Å²) in [5, 5.41) is 5.21. The van der Waals surface area contributed by atoms with Crippen molar-refractivity contribution in [1.29, 1.82) is 0 Å². The second kappa shape index (κ2) is 9.86. The first-order chi connectivity index (χ1) is 11.3. The topological polar surface area (TPSA) is 68.9 Å². The highest BCUT2D eigenvalue weighted by atomic mass is 32.1. The summed E-state index contributed by atoms with van der Waals surface area (Å²) in [5.41, 5.74) is 6.97. The largest absolute Gasteiger partial charge is 0.491 e. The van der Waals surface area contributed by atoms with Crippen molar-refractivity contribution in [3.05, 3.63) is 52.2 Å². The van der Waals surface area contributed by atoms with E-state index < -0.39 is 0 Å². The molecule has 23 heavy (non-hydrogen) atoms. The smallest absolute Gasteiger partial charge is 0.188 e. The molecule has 0 aliphatic rings. The normalized spacial score (nSPS) is 11.4. The van der Waals surface area contributed by atoms with E-state index in [4.69, 9.17) is 15.2 Å². The lowest BCUT2D eigenvalue weighted by atomic mass is 10.2. The molecule has 0 saturated carbocycles. The van der Waals surface area contributed by atoms with Crippen molar-refractivity contribution >= 4 is 17.3 Å². The SMILES string of the molecule is COCCOc1ccc(CN=C(N)NCCc2cccs2)cc1. The Bertz CT molecular complexity index is 582. The van der Waals surface area contributed by atoms with Crippen molar-refractivity contribution in [2.24, 2.45) is 10.7 Å². The molecule has 0 atom stereocenters. The Kier molecular flexibility index (Phi) is 7.42. The van der Waals surface area contributed by atoms with Gasteiger partial charge in [-0.2, -0.15) is 0 Å². The number of nitrogens with two attached hydrogens (primary N) is 1. The first kappa shape index (κ1) is 17.3. The van der Waals surface area contributed by atoms with Gasteiger partial charge >= 0.3 is 0 Å². The number of benzene rings is 1. The van der Waals surface area contributed by atoms with Crippen LogP contribution in [-0.2, 0) is 17.7 Å². The van der Waals surface area contributed by atoms with E-state index in [0.717, 1.165) is 24.3 Å². The van der Waals surface area contributed by atoms with Crippen LogP contribution in [0.3, 0.4) is 0 Å². The lowest BCUT2D eigenvalue weighted by molar-refractivity contribution is 0.146. The molecule has 0 spiro atoms. The van der Waals surface area contributed by atoms with Crippen LogP contribution in [0.1, 0.15) is 10.4 Å². The van der Waals surface area contributed by atoms with Crippen LogP contribution in [0.2, 0.25) is 0 Å². The van der Waals surface area contributed by atoms with E-state index in [1.807, 2.05) is 24.3 Å². The van der Waals surface area contributed by atoms with Gasteiger partial charge in [0.15, 0.2) is 5.96 Å². The minimum atomic E-state index is 0.474. The van der Waals surface area contributed by atoms with Crippen molar-refractivity contribution in [3.8, 4) is 5.75 Å². The fourth-order valence-corrected chi connectivity index (χ4v) is 2.64. The summed E-state index contributed by atoms with van der Waals surface area (Å²) in [6, 6.07) is 12.0. The average Bonchev–Trinajstić information content (AvgIpc) is 3.08. The monoisotopic (exact) mass is 333 g/mol. The van der Waals surface area contributed by atoms with E-state index in [9.17, 15) is 0 Å². The molecule has 5 nitrogen and oxygen atoms in total. The quantitative estimate of drug-likeness (QED) is 0.420. The van der Waals surface area contributed by atoms with Crippen molar-refractivity contribution in [2.45, 2.75) is 13.0 Å². The first-order valence-corrected chi connectivity index (χ1v) is 8.43. The summed E-state index contributed by atoms with van der Waals surface area (Å²) in [6.45, 7) is 2.48. The summed E-state index contributed by atoms with van der Waals surface area (Å²) in [7, 11) is 1.66. The minimum absolute atomic E-state index is 0.474. The second-order valence-electron chi connectivity index (χ2n) is 4.94. The summed E-state index contributed by atoms with van der Waals surface area (Å²) < 4.78 is 10.5. The Labute approximate surface area is 141 Å². The minimum Gasteiger partial charge on any atom is -0.491 e. The van der Waals surface area contributed by atoms with Gasteiger partial charge in [0.2, 0.25) is 0 Å². The van der Waals surface area contributed by atoms with Gasteiger partial charge in [0.25, 0.3) is 0 Å². The summed E-state index contributed by atoms with van der Waals surface area (Å²) >= 11 is 1.75. The lowest BCUT2D eigenvalue weighted by Gasteiger charge is -2.07. The summed E-state index contributed by atoms with van der Waals surface area (Å²) in [4.78, 5) is 5.69. The molecule has 3 N–H and O–H groups in total. The third-order valence-electron chi connectivity index (χ3n) is 3.17. The highest BCUT2D eigenvalue weighted by Gasteiger charge is 1.97. The van der Waals surface area contributed by atoms with Crippen LogP contribution in [0, 0.1) is 0 Å². The number of guanidine groups is 1. The van der Waals surface area contributed by atoms with Crippen LogP contribution >= 0.6 is 11.3 Å². The molecular weight excluding hydrogens is 310 g/mol. The molecule has 1 heterocycles. The van der Waals surface area contributed by atoms with Gasteiger partial charge in [-0.05, 0) is 35.6 Å². The fourth-order valence-electron chi connectivity index (χ4n) is 1.93. The maximum atomic E-state index is 5.88. The molecule has 6 heteroatoms. The third-order valence-corrected chi connectivity index (χ3v) is 4.11. The number of thiophene rings is 1. The highest BCUT2D eigenvalue weighted by molar-refractivity contribution is 7.09. The van der Waals surface area contributed by atoms with Crippen LogP contribution in [0.5, 0.6) is 5.75 Å². The molecule has 0 saturated heterocycles. The summed E-state index contributed by atoms with van der Waals surface area (Å²) in [6.07, 6.45) is 0.960. The van der Waals surface area contributed by atoms with E-state index in [1.54, 1.807) is 18.4 Å². The van der Waals surface area contributed by atoms with Gasteiger partial charge in [0, 0.05) is 18.5 Å². The molecule has 1 aromatic heterocycles. The Morgan fingerprint density at radius 1 is 1.22 bits per heavy atom. The van der Waals surface area contributed by atoms with Crippen LogP contribution in [0.4, 0.5) is 0 Å². The van der Waals surface area contributed by atoms with Crippen molar-refractivity contribution in [1.82, 2.24) is 5.32 Å². The zero-order valence-corrected chi connectivity index (χ0v) is 14.1. The zero-order chi connectivity index (χ0) is 16.3. The van der Waals surface area contributed by atoms with Crippen molar-refractivity contribution < 1.29 is 9.47 Å². The molecule has 0 aliphatic carbocycles. The predicted molar refractivity (Wildman–Crippen MR) is 95.2 cm³/mol. The van der Waals surface area contributed by atoms with Crippen LogP contribution in [0.15, 0.2) is 46.8 Å². The third kappa shape index (κ3) is 6.71. The number of ether oxygens (including phenoxy) is 2. The molecule has 2 aromatic rings. The number of methoxy groups -OCH3 is 1. The van der Waals surface area contributed by atoms with Gasteiger partial charge < -0.3 is 20.5 Å². The van der Waals surface area contributed by atoms with Crippen molar-refractivity contribution in [3.63, 3.8) is 0 Å². The van der Waals surface area contributed by atoms with Crippen LogP contribution in [-0.4, -0.2) is 32.8 Å². The molecular formula is C17H23N3O2S. The van der Waals surface area contributed by atoms with Gasteiger partial charge in [-0.1, -0.05) is 18.2 Å². The van der Waals surface area contributed by atoms with Crippen LogP contribution < -0.4 is 15.8 Å². The summed E-state index contributed by atoms with van der Waals surface area (Å²) in [5.74, 6) is 1.30. The van der Waals surface area contributed by atoms with Gasteiger partial charge in [0.05, 0.1) is 13.2 Å². The Hall–Kier alpha value is -2.05. The Morgan fingerprint density at radius 3 is 2.74 bits per heavy atom. The molecule has 0 unspecified atom stereocenters. The maximum absolute atomic E-state index is 5.88. The number of rotatable bonds is 9. The number of hydrogen-bond donors (Lipinski definition) is 2. The zero-order valence-electron chi connectivity index (χ0n) is 13.3. The number of nitrogens with zero attached hydrogens (tertiary/aromatic N) is 1. The van der Waals surface area contributed by atoms with Gasteiger partial charge in [0.1, 0.15) is 12.4 Å². The van der Waals surface area contributed by atoms with E-state index in [2.05, 4.69) is 27.8 Å². The predicted octanol–water partition coefficient (Wildman–Crippen LogP) is 2.42. The number of aliphatic imine (C=N–C) groups is 1. The lowest BCUT2D eigenvalue weighted by Crippen LogP contribution is -2.33. The molecule has 124 valence electrons. The van der Waals surface area contributed by atoms with Crippen LogP contribution in [0.25, 0.3) is 0 Å². The second-order valence-corrected chi connectivity index (χ2v) is 5.98. The van der Waals surface area contributed by atoms with E-state index >= 15 is 0 Å². The molecule has 0 aliphatic heterocycles. The molecule has 0 fully saturated rings. The highest BCUT2D eigenvalue weighted by Crippen LogP contribution is 2.12. The molecule has 0 amide bonds. The fraction of sp³-hybridized carbons (Fsp3) is 0.353. The van der Waals surface area contributed by atoms with Gasteiger partial charge in [-0.3, -0.25) is 0 Å². The standard InChI is InChI=1S/C17H23N3O2S/c1-21-10-11-22-15-6-4-14(5-7-15)13-20-17(18)19-9-8-16-3-2-12-23-16/h2-7,12H,8-11,13H2,1H3,(H3,18,19,20).